The highest BCUT2D eigenvalue weighted by Gasteiger charge is 2.14. The number of Topliss-reactive ketones (excluding diaryl/α,β-unsaturated/α-hetero) is 1. The van der Waals surface area contributed by atoms with Crippen molar-refractivity contribution in [3.05, 3.63) is 35.7 Å². The zero-order valence-electron chi connectivity index (χ0n) is 7.63. The van der Waals surface area contributed by atoms with Gasteiger partial charge in [0, 0.05) is 17.3 Å². The Bertz CT molecular complexity index is 374. The van der Waals surface area contributed by atoms with Crippen molar-refractivity contribution in [2.75, 3.05) is 0 Å². The zero-order valence-corrected chi connectivity index (χ0v) is 7.63. The molecule has 14 heavy (non-hydrogen) atoms. The van der Waals surface area contributed by atoms with Crippen LogP contribution in [0.5, 0.6) is 0 Å². The maximum atomic E-state index is 12.5. The van der Waals surface area contributed by atoms with Crippen molar-refractivity contribution in [1.82, 2.24) is 4.98 Å². The van der Waals surface area contributed by atoms with E-state index in [2.05, 4.69) is 11.6 Å². The van der Waals surface area contributed by atoms with Crippen LogP contribution in [0, 0.1) is 0 Å². The topological polar surface area (TPSA) is 30.0 Å². The van der Waals surface area contributed by atoms with Crippen LogP contribution in [0.3, 0.4) is 0 Å². The maximum Gasteiger partial charge on any atom is 0.265 e. The average molecular weight is 197 g/mol. The van der Waals surface area contributed by atoms with Crippen LogP contribution < -0.4 is 0 Å². The number of carbonyl (C=O) groups is 1. The molecule has 0 amide bonds. The Labute approximate surface area is 80.3 Å². The molecule has 0 bridgehead atoms. The molecule has 0 N–H and O–H groups in total. The molecule has 0 spiro atoms. The SMILES string of the molecule is C=Cc1ncc(C(C)=O)cc1C(F)F. The van der Waals surface area contributed by atoms with Crippen LogP contribution in [-0.2, 0) is 0 Å². The molecule has 0 aliphatic rings. The Morgan fingerprint density at radius 1 is 1.64 bits per heavy atom. The van der Waals surface area contributed by atoms with Gasteiger partial charge in [0.1, 0.15) is 0 Å². The summed E-state index contributed by atoms with van der Waals surface area (Å²) in [5.74, 6) is -0.282. The van der Waals surface area contributed by atoms with E-state index in [1.807, 2.05) is 0 Å². The molecular weight excluding hydrogens is 188 g/mol. The summed E-state index contributed by atoms with van der Waals surface area (Å²) in [6.45, 7) is 4.67. The number of pyridine rings is 1. The molecule has 0 radical (unpaired) electrons. The van der Waals surface area contributed by atoms with Gasteiger partial charge in [-0.3, -0.25) is 9.78 Å². The summed E-state index contributed by atoms with van der Waals surface area (Å²) >= 11 is 0. The van der Waals surface area contributed by atoms with Crippen LogP contribution in [0.4, 0.5) is 8.78 Å². The first kappa shape index (κ1) is 10.5. The van der Waals surface area contributed by atoms with Gasteiger partial charge < -0.3 is 0 Å². The lowest BCUT2D eigenvalue weighted by atomic mass is 10.1. The van der Waals surface area contributed by atoms with E-state index in [-0.39, 0.29) is 22.6 Å². The molecule has 0 saturated carbocycles. The van der Waals surface area contributed by atoms with Crippen LogP contribution in [0.1, 0.15) is 35.0 Å². The number of carbonyl (C=O) groups excluding carboxylic acids is 1. The van der Waals surface area contributed by atoms with Gasteiger partial charge in [-0.15, -0.1) is 0 Å². The monoisotopic (exact) mass is 197 g/mol. The van der Waals surface area contributed by atoms with E-state index in [0.717, 1.165) is 6.07 Å². The van der Waals surface area contributed by atoms with Gasteiger partial charge in [0.25, 0.3) is 6.43 Å². The molecule has 0 unspecified atom stereocenters. The number of rotatable bonds is 3. The van der Waals surface area contributed by atoms with Crippen molar-refractivity contribution in [3.8, 4) is 0 Å². The Morgan fingerprint density at radius 2 is 2.29 bits per heavy atom. The number of aromatic nitrogens is 1. The second kappa shape index (κ2) is 4.09. The molecule has 0 aliphatic heterocycles. The van der Waals surface area contributed by atoms with Crippen molar-refractivity contribution in [2.45, 2.75) is 13.3 Å². The van der Waals surface area contributed by atoms with E-state index in [4.69, 9.17) is 0 Å². The largest absolute Gasteiger partial charge is 0.294 e. The molecule has 1 aromatic rings. The van der Waals surface area contributed by atoms with Gasteiger partial charge in [0.15, 0.2) is 5.78 Å². The standard InChI is InChI=1S/C10H9F2NO/c1-3-9-8(10(11)12)4-7(5-13-9)6(2)14/h3-5,10H,1H2,2H3. The van der Waals surface area contributed by atoms with Crippen LogP contribution in [-0.4, -0.2) is 10.8 Å². The minimum Gasteiger partial charge on any atom is -0.294 e. The van der Waals surface area contributed by atoms with Crippen molar-refractivity contribution in [2.24, 2.45) is 0 Å². The van der Waals surface area contributed by atoms with Crippen molar-refractivity contribution >= 4 is 11.9 Å². The van der Waals surface area contributed by atoms with Crippen LogP contribution in [0.2, 0.25) is 0 Å². The Morgan fingerprint density at radius 3 is 2.71 bits per heavy atom. The summed E-state index contributed by atoms with van der Waals surface area (Å²) in [5, 5.41) is 0. The van der Waals surface area contributed by atoms with Gasteiger partial charge >= 0.3 is 0 Å². The normalized spacial score (nSPS) is 10.3. The van der Waals surface area contributed by atoms with E-state index in [1.54, 1.807) is 0 Å². The molecule has 0 fully saturated rings. The highest BCUT2D eigenvalue weighted by Crippen LogP contribution is 2.23. The second-order valence-electron chi connectivity index (χ2n) is 2.76. The fourth-order valence-electron chi connectivity index (χ4n) is 1.03. The van der Waals surface area contributed by atoms with Gasteiger partial charge in [-0.25, -0.2) is 8.78 Å². The van der Waals surface area contributed by atoms with E-state index >= 15 is 0 Å². The van der Waals surface area contributed by atoms with Crippen molar-refractivity contribution in [3.63, 3.8) is 0 Å². The number of hydrogen-bond donors (Lipinski definition) is 0. The zero-order chi connectivity index (χ0) is 10.7. The predicted octanol–water partition coefficient (Wildman–Crippen LogP) is 2.86. The third-order valence-electron chi connectivity index (χ3n) is 1.78. The lowest BCUT2D eigenvalue weighted by Crippen LogP contribution is -1.99. The smallest absolute Gasteiger partial charge is 0.265 e. The Hall–Kier alpha value is -1.58. The molecule has 4 heteroatoms. The number of ketones is 1. The quantitative estimate of drug-likeness (QED) is 0.697. The minimum atomic E-state index is -2.64. The van der Waals surface area contributed by atoms with Gasteiger partial charge in [-0.2, -0.15) is 0 Å². The fourth-order valence-corrected chi connectivity index (χ4v) is 1.03. The predicted molar refractivity (Wildman–Crippen MR) is 49.3 cm³/mol. The maximum absolute atomic E-state index is 12.5. The number of nitrogens with zero attached hydrogens (tertiary/aromatic N) is 1. The van der Waals surface area contributed by atoms with Gasteiger partial charge in [-0.05, 0) is 19.1 Å². The first-order valence-corrected chi connectivity index (χ1v) is 3.97. The van der Waals surface area contributed by atoms with Gasteiger partial charge in [0.05, 0.1) is 5.69 Å². The van der Waals surface area contributed by atoms with E-state index in [1.165, 1.54) is 19.2 Å². The van der Waals surface area contributed by atoms with E-state index in [9.17, 15) is 13.6 Å². The van der Waals surface area contributed by atoms with Crippen LogP contribution in [0.25, 0.3) is 6.08 Å². The Kier molecular flexibility index (Phi) is 3.06. The molecular formula is C10H9F2NO. The third kappa shape index (κ3) is 2.02. The number of halogens is 2. The van der Waals surface area contributed by atoms with Gasteiger partial charge in [0.2, 0.25) is 0 Å². The third-order valence-corrected chi connectivity index (χ3v) is 1.78. The summed E-state index contributed by atoms with van der Waals surface area (Å²) in [6, 6.07) is 1.15. The van der Waals surface area contributed by atoms with Crippen LogP contribution in [0.15, 0.2) is 18.8 Å². The molecule has 1 heterocycles. The number of hydrogen-bond acceptors (Lipinski definition) is 2. The molecule has 1 rings (SSSR count). The second-order valence-corrected chi connectivity index (χ2v) is 2.76. The fraction of sp³-hybridized carbons (Fsp3) is 0.200. The van der Waals surface area contributed by atoms with Gasteiger partial charge in [-0.1, -0.05) is 6.58 Å². The van der Waals surface area contributed by atoms with E-state index in [0.29, 0.717) is 0 Å². The summed E-state index contributed by atoms with van der Waals surface area (Å²) in [6.07, 6.45) is -0.133. The number of alkyl halides is 2. The summed E-state index contributed by atoms with van der Waals surface area (Å²) < 4.78 is 24.9. The lowest BCUT2D eigenvalue weighted by Gasteiger charge is -2.05. The highest BCUT2D eigenvalue weighted by atomic mass is 19.3. The minimum absolute atomic E-state index is 0.116. The summed E-state index contributed by atoms with van der Waals surface area (Å²) in [5.41, 5.74) is 0.0450. The average Bonchev–Trinajstić information content (AvgIpc) is 2.16. The van der Waals surface area contributed by atoms with E-state index < -0.39 is 6.43 Å². The molecule has 74 valence electrons. The van der Waals surface area contributed by atoms with Crippen molar-refractivity contribution < 1.29 is 13.6 Å². The summed E-state index contributed by atoms with van der Waals surface area (Å²) in [4.78, 5) is 14.6. The molecule has 0 saturated heterocycles. The molecule has 0 aliphatic carbocycles. The lowest BCUT2D eigenvalue weighted by molar-refractivity contribution is 0.101. The summed E-state index contributed by atoms with van der Waals surface area (Å²) in [7, 11) is 0. The molecule has 2 nitrogen and oxygen atoms in total. The highest BCUT2D eigenvalue weighted by molar-refractivity contribution is 5.94. The molecule has 1 aromatic heterocycles. The first-order valence-electron chi connectivity index (χ1n) is 3.97. The first-order chi connectivity index (χ1) is 6.56. The Balaban J connectivity index is 3.27. The molecule has 0 atom stereocenters. The molecule has 0 aromatic carbocycles. The van der Waals surface area contributed by atoms with Crippen LogP contribution >= 0.6 is 0 Å². The van der Waals surface area contributed by atoms with Crippen molar-refractivity contribution in [1.29, 1.82) is 0 Å².